The first-order valence-electron chi connectivity index (χ1n) is 3.57. The normalized spacial score (nSPS) is 10.1. The summed E-state index contributed by atoms with van der Waals surface area (Å²) in [5, 5.41) is 0. The molecule has 74 valence electrons. The van der Waals surface area contributed by atoms with Crippen LogP contribution in [0.25, 0.3) is 0 Å². The van der Waals surface area contributed by atoms with Gasteiger partial charge in [0.15, 0.2) is 0 Å². The Bertz CT molecular complexity index is 335. The van der Waals surface area contributed by atoms with E-state index in [1.165, 1.54) is 9.49 Å². The molecule has 0 aliphatic rings. The Balaban J connectivity index is 3.43. The topological polar surface area (TPSA) is 0 Å². The molecule has 0 aliphatic heterocycles. The Kier molecular flexibility index (Phi) is 7.36. The molecule has 0 heterocycles. The van der Waals surface area contributed by atoms with E-state index in [1.54, 1.807) is 0 Å². The van der Waals surface area contributed by atoms with E-state index in [2.05, 4.69) is 91.6 Å². The van der Waals surface area contributed by atoms with Crippen molar-refractivity contribution >= 4 is 91.6 Å². The number of hydrogen-bond donors (Lipinski definition) is 0. The van der Waals surface area contributed by atoms with E-state index in [0.29, 0.717) is 0 Å². The first kappa shape index (κ1) is 15.1. The van der Waals surface area contributed by atoms with Crippen LogP contribution in [0.4, 0.5) is 0 Å². The van der Waals surface area contributed by atoms with Crippen molar-refractivity contribution in [3.63, 3.8) is 0 Å². The molecule has 0 atom stereocenters. The Morgan fingerprint density at radius 3 is 1.43 bits per heavy atom. The van der Waals surface area contributed by atoms with Crippen LogP contribution in [0.15, 0.2) is 22.4 Å². The van der Waals surface area contributed by atoms with Crippen molar-refractivity contribution in [1.82, 2.24) is 0 Å². The molecular formula is C7H2Br6Hg. The van der Waals surface area contributed by atoms with Gasteiger partial charge in [-0.2, -0.15) is 0 Å². The van der Waals surface area contributed by atoms with Gasteiger partial charge in [0, 0.05) is 0 Å². The zero-order chi connectivity index (χ0) is 10.9. The fourth-order valence-electron chi connectivity index (χ4n) is 0.964. The third kappa shape index (κ3) is 3.28. The summed E-state index contributed by atoms with van der Waals surface area (Å²) in [6, 6.07) is 0. The summed E-state index contributed by atoms with van der Waals surface area (Å²) in [6.45, 7) is 0. The van der Waals surface area contributed by atoms with Crippen LogP contribution >= 0.6 is 91.6 Å². The third-order valence-electron chi connectivity index (χ3n) is 1.65. The number of halogens is 6. The summed E-state index contributed by atoms with van der Waals surface area (Å²) in [4.78, 5) is 0. The molecule has 0 saturated heterocycles. The fraction of sp³-hybridized carbons (Fsp3) is 0.143. The van der Waals surface area contributed by atoms with Gasteiger partial charge < -0.3 is 0 Å². The van der Waals surface area contributed by atoms with Crippen molar-refractivity contribution < 1.29 is 22.1 Å². The Hall–Kier alpha value is 3.04. The van der Waals surface area contributed by atoms with Crippen LogP contribution in [0.3, 0.4) is 0 Å². The van der Waals surface area contributed by atoms with Crippen LogP contribution in [-0.4, -0.2) is 0 Å². The summed E-state index contributed by atoms with van der Waals surface area (Å²) in [6.07, 6.45) is 0. The zero-order valence-electron chi connectivity index (χ0n) is 6.68. The molecule has 0 aliphatic carbocycles. The summed E-state index contributed by atoms with van der Waals surface area (Å²) >= 11 is 20.6. The van der Waals surface area contributed by atoms with Crippen LogP contribution in [0.1, 0.15) is 5.56 Å². The second-order valence-corrected chi connectivity index (χ2v) is 16.8. The molecule has 1 rings (SSSR count). The molecule has 0 N–H and O–H groups in total. The van der Waals surface area contributed by atoms with Gasteiger partial charge in [-0.3, -0.25) is 0 Å². The summed E-state index contributed by atoms with van der Waals surface area (Å²) in [7, 11) is 0. The van der Waals surface area contributed by atoms with Crippen molar-refractivity contribution in [3.05, 3.63) is 27.9 Å². The van der Waals surface area contributed by atoms with Crippen LogP contribution in [0, 0.1) is 0 Å². The SMILES string of the molecule is [Br][Hg][CH2]c1c(Br)c(Br)c(Br)c(Br)c1Br. The molecule has 0 aromatic heterocycles. The summed E-state index contributed by atoms with van der Waals surface area (Å²) < 4.78 is 6.63. The zero-order valence-corrected chi connectivity index (χ0v) is 21.7. The van der Waals surface area contributed by atoms with Gasteiger partial charge in [-0.1, -0.05) is 0 Å². The molecule has 0 amide bonds. The molecule has 0 spiro atoms. The Morgan fingerprint density at radius 1 is 0.714 bits per heavy atom. The third-order valence-corrected chi connectivity index (χ3v) is 14.1. The van der Waals surface area contributed by atoms with Crippen molar-refractivity contribution in [2.75, 3.05) is 0 Å². The van der Waals surface area contributed by atoms with Gasteiger partial charge in [-0.25, -0.2) is 0 Å². The molecular weight excluding hydrogens is 764 g/mol. The van der Waals surface area contributed by atoms with Gasteiger partial charge in [0.2, 0.25) is 0 Å². The van der Waals surface area contributed by atoms with Crippen molar-refractivity contribution in [2.24, 2.45) is 0 Å². The van der Waals surface area contributed by atoms with Gasteiger partial charge in [-0.05, 0) is 0 Å². The van der Waals surface area contributed by atoms with Crippen LogP contribution < -0.4 is 0 Å². The molecule has 0 saturated carbocycles. The predicted octanol–water partition coefficient (Wildman–Crippen LogP) is 6.39. The second kappa shape index (κ2) is 6.83. The van der Waals surface area contributed by atoms with Gasteiger partial charge in [0.25, 0.3) is 0 Å². The Morgan fingerprint density at radius 2 is 1.07 bits per heavy atom. The monoisotopic (exact) mass is 761 g/mol. The molecule has 1 aromatic carbocycles. The van der Waals surface area contributed by atoms with Crippen LogP contribution in [0.2, 0.25) is 0 Å². The van der Waals surface area contributed by atoms with Crippen molar-refractivity contribution in [3.8, 4) is 0 Å². The average Bonchev–Trinajstić information content (AvgIpc) is 2.19. The molecule has 14 heavy (non-hydrogen) atoms. The number of hydrogen-bond acceptors (Lipinski definition) is 0. The van der Waals surface area contributed by atoms with E-state index in [1.807, 2.05) is 0 Å². The number of benzene rings is 1. The average molecular weight is 766 g/mol. The van der Waals surface area contributed by atoms with Crippen LogP contribution in [-0.2, 0) is 26.1 Å². The van der Waals surface area contributed by atoms with E-state index in [4.69, 9.17) is 0 Å². The molecule has 0 unspecified atom stereocenters. The second-order valence-electron chi connectivity index (χ2n) is 2.49. The van der Waals surface area contributed by atoms with Gasteiger partial charge in [0.05, 0.1) is 0 Å². The van der Waals surface area contributed by atoms with E-state index in [0.717, 1.165) is 22.4 Å². The molecule has 0 fully saturated rings. The van der Waals surface area contributed by atoms with Gasteiger partial charge in [0.1, 0.15) is 0 Å². The first-order chi connectivity index (χ1) is 6.50. The van der Waals surface area contributed by atoms with Crippen LogP contribution in [0.5, 0.6) is 0 Å². The first-order valence-corrected chi connectivity index (χ1v) is 23.3. The van der Waals surface area contributed by atoms with Gasteiger partial charge >= 0.3 is 146 Å². The van der Waals surface area contributed by atoms with E-state index >= 15 is 0 Å². The minimum atomic E-state index is -0.842. The van der Waals surface area contributed by atoms with E-state index < -0.39 is 22.1 Å². The molecule has 7 heteroatoms. The minimum absolute atomic E-state index is 0.842. The maximum atomic E-state index is 3.66. The molecule has 0 bridgehead atoms. The summed E-state index contributed by atoms with van der Waals surface area (Å²) in [5.74, 6) is 0. The Labute approximate surface area is 143 Å². The van der Waals surface area contributed by atoms with Crippen molar-refractivity contribution in [1.29, 1.82) is 0 Å². The quantitative estimate of drug-likeness (QED) is 0.186. The summed E-state index contributed by atoms with van der Waals surface area (Å²) in [5.41, 5.74) is 1.34. The maximum absolute atomic E-state index is 3.66. The number of rotatable bonds is 2. The van der Waals surface area contributed by atoms with Crippen molar-refractivity contribution in [2.45, 2.75) is 3.93 Å². The van der Waals surface area contributed by atoms with E-state index in [9.17, 15) is 0 Å². The molecule has 0 radical (unpaired) electrons. The molecule has 1 aromatic rings. The molecule has 0 nitrogen and oxygen atoms in total. The van der Waals surface area contributed by atoms with Gasteiger partial charge in [-0.15, -0.1) is 0 Å². The fourth-order valence-corrected chi connectivity index (χ4v) is 13.5. The van der Waals surface area contributed by atoms with E-state index in [-0.39, 0.29) is 0 Å². The standard InChI is InChI=1S/C7H2Br5.BrH.Hg/c1-2-3(8)5(10)7(12)6(11)4(2)9;;/h1H2;1H;/q;;+1/p-1. The predicted molar refractivity (Wildman–Crippen MR) is 77.6 cm³/mol.